The lowest BCUT2D eigenvalue weighted by Crippen LogP contribution is -2.31. The Morgan fingerprint density at radius 1 is 1.08 bits per heavy atom. The van der Waals surface area contributed by atoms with Crippen molar-refractivity contribution < 1.29 is 8.42 Å². The monoisotopic (exact) mass is 389 g/mol. The van der Waals surface area contributed by atoms with Crippen LogP contribution in [0.4, 0.5) is 5.69 Å². The summed E-state index contributed by atoms with van der Waals surface area (Å²) in [5, 5.41) is 11.9. The maximum absolute atomic E-state index is 11.3. The summed E-state index contributed by atoms with van der Waals surface area (Å²) in [4.78, 5) is 0.0735. The van der Waals surface area contributed by atoms with Crippen molar-refractivity contribution >= 4 is 33.0 Å². The first-order valence-electron chi connectivity index (χ1n) is 8.65. The molecule has 5 nitrogen and oxygen atoms in total. The molecular formula is C19H23N3O2S2. The average Bonchev–Trinajstić information content (AvgIpc) is 2.61. The molecule has 0 saturated heterocycles. The predicted molar refractivity (Wildman–Crippen MR) is 109 cm³/mol. The summed E-state index contributed by atoms with van der Waals surface area (Å²) in [6, 6.07) is 12.9. The first kappa shape index (κ1) is 18.8. The number of nitrogens with two attached hydrogens (primary N) is 1. The number of thiocarbonyl (C=S) groups is 1. The fourth-order valence-electron chi connectivity index (χ4n) is 3.20. The Labute approximate surface area is 160 Å². The number of anilines is 1. The van der Waals surface area contributed by atoms with Crippen molar-refractivity contribution in [2.24, 2.45) is 5.14 Å². The summed E-state index contributed by atoms with van der Waals surface area (Å²) in [6.45, 7) is 2.07. The minimum atomic E-state index is -3.69. The second-order valence-electron chi connectivity index (χ2n) is 6.62. The molecule has 1 unspecified atom stereocenters. The van der Waals surface area contributed by atoms with E-state index < -0.39 is 10.0 Å². The van der Waals surface area contributed by atoms with E-state index in [1.54, 1.807) is 12.1 Å². The van der Waals surface area contributed by atoms with E-state index in [-0.39, 0.29) is 10.9 Å². The summed E-state index contributed by atoms with van der Waals surface area (Å²) >= 11 is 5.37. The first-order chi connectivity index (χ1) is 12.3. The van der Waals surface area contributed by atoms with Crippen LogP contribution >= 0.6 is 12.2 Å². The Bertz CT molecular complexity index is 909. The van der Waals surface area contributed by atoms with E-state index in [4.69, 9.17) is 17.4 Å². The van der Waals surface area contributed by atoms with Gasteiger partial charge in [0.05, 0.1) is 10.9 Å². The molecule has 0 spiro atoms. The Morgan fingerprint density at radius 2 is 1.73 bits per heavy atom. The molecule has 138 valence electrons. The minimum absolute atomic E-state index is 0.0735. The van der Waals surface area contributed by atoms with Gasteiger partial charge in [0.25, 0.3) is 0 Å². The molecular weight excluding hydrogens is 366 g/mol. The molecule has 0 aromatic heterocycles. The Morgan fingerprint density at radius 3 is 2.38 bits per heavy atom. The normalized spacial score (nSPS) is 15.0. The van der Waals surface area contributed by atoms with Crippen LogP contribution in [-0.4, -0.2) is 13.5 Å². The number of hydrogen-bond donors (Lipinski definition) is 3. The molecule has 3 rings (SSSR count). The van der Waals surface area contributed by atoms with Crippen molar-refractivity contribution in [3.05, 3.63) is 59.2 Å². The lowest BCUT2D eigenvalue weighted by atomic mass is 9.89. The summed E-state index contributed by atoms with van der Waals surface area (Å²) < 4.78 is 22.6. The third-order valence-corrected chi connectivity index (χ3v) is 5.81. The fraction of sp³-hybridized carbons (Fsp3) is 0.316. The standard InChI is InChI=1S/C19H23N3O2S2/c1-13(15-7-6-14-4-2-3-5-16(14)12-15)21-19(25)22-17-8-10-18(11-9-17)26(20,23)24/h6-13H,2-5H2,1H3,(H2,20,23,24)(H2,21,22,25). The van der Waals surface area contributed by atoms with Gasteiger partial charge in [0.1, 0.15) is 0 Å². The Hall–Kier alpha value is -1.96. The summed E-state index contributed by atoms with van der Waals surface area (Å²) in [5.41, 5.74) is 4.81. The molecule has 0 amide bonds. The van der Waals surface area contributed by atoms with Crippen molar-refractivity contribution in [2.75, 3.05) is 5.32 Å². The second kappa shape index (κ2) is 7.73. The van der Waals surface area contributed by atoms with Crippen molar-refractivity contribution in [3.8, 4) is 0 Å². The van der Waals surface area contributed by atoms with Crippen LogP contribution in [0.1, 0.15) is 42.5 Å². The van der Waals surface area contributed by atoms with Crippen molar-refractivity contribution in [2.45, 2.75) is 43.5 Å². The molecule has 4 N–H and O–H groups in total. The molecule has 0 bridgehead atoms. The van der Waals surface area contributed by atoms with E-state index >= 15 is 0 Å². The smallest absolute Gasteiger partial charge is 0.238 e. The van der Waals surface area contributed by atoms with Crippen molar-refractivity contribution in [1.82, 2.24) is 5.32 Å². The number of nitrogens with one attached hydrogen (secondary N) is 2. The molecule has 2 aromatic rings. The molecule has 7 heteroatoms. The highest BCUT2D eigenvalue weighted by Crippen LogP contribution is 2.25. The summed E-state index contributed by atoms with van der Waals surface area (Å²) in [5.74, 6) is 0. The molecule has 26 heavy (non-hydrogen) atoms. The number of primary sulfonamides is 1. The quantitative estimate of drug-likeness (QED) is 0.699. The van der Waals surface area contributed by atoms with Gasteiger partial charge >= 0.3 is 0 Å². The lowest BCUT2D eigenvalue weighted by molar-refractivity contribution is 0.598. The van der Waals surface area contributed by atoms with Crippen LogP contribution in [0.3, 0.4) is 0 Å². The van der Waals surface area contributed by atoms with Gasteiger partial charge in [-0.1, -0.05) is 18.2 Å². The van der Waals surface area contributed by atoms with Crippen LogP contribution < -0.4 is 15.8 Å². The molecule has 1 aliphatic rings. The first-order valence-corrected chi connectivity index (χ1v) is 10.6. The highest BCUT2D eigenvalue weighted by Gasteiger charge is 2.13. The molecule has 0 heterocycles. The van der Waals surface area contributed by atoms with Crippen LogP contribution in [0.5, 0.6) is 0 Å². The van der Waals surface area contributed by atoms with E-state index in [2.05, 4.69) is 35.8 Å². The SMILES string of the molecule is CC(NC(=S)Nc1ccc(S(N)(=O)=O)cc1)c1ccc2c(c1)CCCC2. The van der Waals surface area contributed by atoms with Gasteiger partial charge in [-0.2, -0.15) is 0 Å². The number of benzene rings is 2. The van der Waals surface area contributed by atoms with Crippen LogP contribution in [-0.2, 0) is 22.9 Å². The molecule has 0 aliphatic heterocycles. The Kier molecular flexibility index (Phi) is 5.60. The second-order valence-corrected chi connectivity index (χ2v) is 8.59. The van der Waals surface area contributed by atoms with Crippen LogP contribution in [0.25, 0.3) is 0 Å². The zero-order valence-corrected chi connectivity index (χ0v) is 16.3. The van der Waals surface area contributed by atoms with E-state index in [1.165, 1.54) is 48.1 Å². The zero-order valence-electron chi connectivity index (χ0n) is 14.7. The van der Waals surface area contributed by atoms with Crippen molar-refractivity contribution in [3.63, 3.8) is 0 Å². The molecule has 1 aliphatic carbocycles. The largest absolute Gasteiger partial charge is 0.356 e. The van der Waals surface area contributed by atoms with Crippen LogP contribution in [0.2, 0.25) is 0 Å². The van der Waals surface area contributed by atoms with Gasteiger partial charge in [-0.25, -0.2) is 13.6 Å². The fourth-order valence-corrected chi connectivity index (χ4v) is 4.01. The number of sulfonamides is 1. The number of hydrogen-bond acceptors (Lipinski definition) is 3. The molecule has 0 fully saturated rings. The van der Waals surface area contributed by atoms with Gasteiger partial charge in [0.15, 0.2) is 5.11 Å². The van der Waals surface area contributed by atoms with E-state index in [0.717, 1.165) is 6.42 Å². The number of rotatable bonds is 4. The minimum Gasteiger partial charge on any atom is -0.356 e. The third kappa shape index (κ3) is 4.60. The summed E-state index contributed by atoms with van der Waals surface area (Å²) in [7, 11) is -3.69. The highest BCUT2D eigenvalue weighted by atomic mass is 32.2. The van der Waals surface area contributed by atoms with Gasteiger partial charge in [0, 0.05) is 5.69 Å². The Balaban J connectivity index is 1.62. The van der Waals surface area contributed by atoms with Crippen LogP contribution in [0, 0.1) is 0 Å². The van der Waals surface area contributed by atoms with Gasteiger partial charge in [-0.05, 0) is 85.8 Å². The molecule has 2 aromatic carbocycles. The zero-order chi connectivity index (χ0) is 18.7. The maximum atomic E-state index is 11.3. The van der Waals surface area contributed by atoms with Crippen LogP contribution in [0.15, 0.2) is 47.4 Å². The third-order valence-electron chi connectivity index (χ3n) is 4.66. The predicted octanol–water partition coefficient (Wildman–Crippen LogP) is 3.26. The molecule has 0 radical (unpaired) electrons. The number of aryl methyl sites for hydroxylation is 2. The van der Waals surface area contributed by atoms with Gasteiger partial charge < -0.3 is 10.6 Å². The van der Waals surface area contributed by atoms with Crippen molar-refractivity contribution in [1.29, 1.82) is 0 Å². The van der Waals surface area contributed by atoms with Gasteiger partial charge in [-0.3, -0.25) is 0 Å². The average molecular weight is 390 g/mol. The van der Waals surface area contributed by atoms with Gasteiger partial charge in [0.2, 0.25) is 10.0 Å². The van der Waals surface area contributed by atoms with E-state index in [0.29, 0.717) is 10.8 Å². The topological polar surface area (TPSA) is 84.2 Å². The molecule has 1 atom stereocenters. The summed E-state index contributed by atoms with van der Waals surface area (Å²) in [6.07, 6.45) is 4.85. The number of fused-ring (bicyclic) bond motifs is 1. The molecule has 0 saturated carbocycles. The van der Waals surface area contributed by atoms with E-state index in [1.807, 2.05) is 0 Å². The van der Waals surface area contributed by atoms with Gasteiger partial charge in [-0.15, -0.1) is 0 Å². The highest BCUT2D eigenvalue weighted by molar-refractivity contribution is 7.89. The van der Waals surface area contributed by atoms with E-state index in [9.17, 15) is 8.42 Å². The lowest BCUT2D eigenvalue weighted by Gasteiger charge is -2.21. The maximum Gasteiger partial charge on any atom is 0.238 e.